The van der Waals surface area contributed by atoms with Gasteiger partial charge in [0.2, 0.25) is 5.91 Å². The fourth-order valence-corrected chi connectivity index (χ4v) is 2.82. The van der Waals surface area contributed by atoms with Crippen LogP contribution in [0.2, 0.25) is 0 Å². The minimum atomic E-state index is -0.938. The third kappa shape index (κ3) is 5.72. The van der Waals surface area contributed by atoms with Crippen molar-refractivity contribution in [3.63, 3.8) is 0 Å². The fourth-order valence-electron chi connectivity index (χ4n) is 2.82. The SMILES string of the molecule is COc1cccc(COC(C)C(=O)NC2(CC(=O)O)CCOCC2)c1. The zero-order valence-corrected chi connectivity index (χ0v) is 14.6. The average molecular weight is 351 g/mol. The number of benzene rings is 1. The van der Waals surface area contributed by atoms with Crippen molar-refractivity contribution in [2.24, 2.45) is 0 Å². The van der Waals surface area contributed by atoms with E-state index in [1.807, 2.05) is 24.3 Å². The molecule has 138 valence electrons. The molecule has 2 rings (SSSR count). The number of nitrogens with one attached hydrogen (secondary N) is 1. The van der Waals surface area contributed by atoms with Gasteiger partial charge in [-0.2, -0.15) is 0 Å². The van der Waals surface area contributed by atoms with Crippen LogP contribution in [0.5, 0.6) is 5.75 Å². The van der Waals surface area contributed by atoms with Gasteiger partial charge < -0.3 is 24.6 Å². The molecule has 1 aliphatic heterocycles. The molecular weight excluding hydrogens is 326 g/mol. The van der Waals surface area contributed by atoms with E-state index >= 15 is 0 Å². The van der Waals surface area contributed by atoms with Gasteiger partial charge in [0.25, 0.3) is 0 Å². The predicted molar refractivity (Wildman–Crippen MR) is 90.4 cm³/mol. The summed E-state index contributed by atoms with van der Waals surface area (Å²) in [5, 5.41) is 12.0. The maximum atomic E-state index is 12.4. The lowest BCUT2D eigenvalue weighted by Gasteiger charge is -2.37. The van der Waals surface area contributed by atoms with E-state index in [2.05, 4.69) is 5.32 Å². The van der Waals surface area contributed by atoms with Gasteiger partial charge in [-0.1, -0.05) is 12.1 Å². The van der Waals surface area contributed by atoms with Crippen molar-refractivity contribution in [3.05, 3.63) is 29.8 Å². The van der Waals surface area contributed by atoms with Crippen molar-refractivity contribution >= 4 is 11.9 Å². The number of carbonyl (C=O) groups is 2. The third-order valence-corrected chi connectivity index (χ3v) is 4.33. The molecule has 0 saturated carbocycles. The molecule has 1 fully saturated rings. The Bertz CT molecular complexity index is 597. The summed E-state index contributed by atoms with van der Waals surface area (Å²) in [4.78, 5) is 23.6. The van der Waals surface area contributed by atoms with E-state index < -0.39 is 17.6 Å². The monoisotopic (exact) mass is 351 g/mol. The Morgan fingerprint density at radius 1 is 1.36 bits per heavy atom. The predicted octanol–water partition coefficient (Wildman–Crippen LogP) is 1.74. The molecule has 7 heteroatoms. The average Bonchev–Trinajstić information content (AvgIpc) is 2.59. The van der Waals surface area contributed by atoms with Crippen molar-refractivity contribution in [1.29, 1.82) is 0 Å². The van der Waals surface area contributed by atoms with E-state index in [1.165, 1.54) is 0 Å². The van der Waals surface area contributed by atoms with Crippen molar-refractivity contribution in [1.82, 2.24) is 5.32 Å². The highest BCUT2D eigenvalue weighted by atomic mass is 16.5. The summed E-state index contributed by atoms with van der Waals surface area (Å²) >= 11 is 0. The lowest BCUT2D eigenvalue weighted by Crippen LogP contribution is -2.55. The first-order chi connectivity index (χ1) is 11.9. The van der Waals surface area contributed by atoms with E-state index in [4.69, 9.17) is 19.3 Å². The summed E-state index contributed by atoms with van der Waals surface area (Å²) < 4.78 is 16.1. The lowest BCUT2D eigenvalue weighted by atomic mass is 9.86. The van der Waals surface area contributed by atoms with Crippen LogP contribution in [0.4, 0.5) is 0 Å². The summed E-state index contributed by atoms with van der Waals surface area (Å²) in [5.41, 5.74) is 0.125. The molecule has 25 heavy (non-hydrogen) atoms. The quantitative estimate of drug-likeness (QED) is 0.741. The van der Waals surface area contributed by atoms with Crippen molar-refractivity contribution in [3.8, 4) is 5.75 Å². The van der Waals surface area contributed by atoms with Gasteiger partial charge in [0.1, 0.15) is 11.9 Å². The first-order valence-electron chi connectivity index (χ1n) is 8.30. The molecule has 1 unspecified atom stereocenters. The Morgan fingerprint density at radius 2 is 2.08 bits per heavy atom. The number of hydrogen-bond acceptors (Lipinski definition) is 5. The minimum absolute atomic E-state index is 0.120. The summed E-state index contributed by atoms with van der Waals surface area (Å²) in [7, 11) is 1.59. The molecule has 1 atom stereocenters. The summed E-state index contributed by atoms with van der Waals surface area (Å²) in [6, 6.07) is 7.42. The van der Waals surface area contributed by atoms with Crippen LogP contribution in [-0.2, 0) is 25.7 Å². The molecular formula is C18H25NO6. The van der Waals surface area contributed by atoms with E-state index in [1.54, 1.807) is 14.0 Å². The lowest BCUT2D eigenvalue weighted by molar-refractivity contribution is -0.142. The van der Waals surface area contributed by atoms with Gasteiger partial charge in [-0.05, 0) is 37.5 Å². The smallest absolute Gasteiger partial charge is 0.305 e. The second-order valence-corrected chi connectivity index (χ2v) is 6.26. The van der Waals surface area contributed by atoms with Crippen LogP contribution in [0.3, 0.4) is 0 Å². The summed E-state index contributed by atoms with van der Waals surface area (Å²) in [6.07, 6.45) is 0.145. The van der Waals surface area contributed by atoms with Gasteiger partial charge in [0.15, 0.2) is 0 Å². The summed E-state index contributed by atoms with van der Waals surface area (Å²) in [6.45, 7) is 2.79. The zero-order valence-electron chi connectivity index (χ0n) is 14.6. The standard InChI is InChI=1S/C18H25NO6/c1-13(25-12-14-4-3-5-15(10-14)23-2)17(22)19-18(11-16(20)21)6-8-24-9-7-18/h3-5,10,13H,6-9,11-12H2,1-2H3,(H,19,22)(H,20,21). The number of hydrogen-bond donors (Lipinski definition) is 2. The van der Waals surface area contributed by atoms with E-state index in [9.17, 15) is 9.59 Å². The number of carboxylic acid groups (broad SMARTS) is 1. The van der Waals surface area contributed by atoms with Crippen molar-refractivity contribution in [2.75, 3.05) is 20.3 Å². The number of amides is 1. The number of methoxy groups -OCH3 is 1. The van der Waals surface area contributed by atoms with E-state index in [0.717, 1.165) is 11.3 Å². The molecule has 1 aliphatic rings. The Morgan fingerprint density at radius 3 is 2.72 bits per heavy atom. The molecule has 0 aliphatic carbocycles. The fraction of sp³-hybridized carbons (Fsp3) is 0.556. The van der Waals surface area contributed by atoms with Crippen LogP contribution in [0.15, 0.2) is 24.3 Å². The van der Waals surface area contributed by atoms with Gasteiger partial charge in [-0.25, -0.2) is 0 Å². The molecule has 1 amide bonds. The molecule has 0 aromatic heterocycles. The van der Waals surface area contributed by atoms with E-state index in [0.29, 0.717) is 26.1 Å². The Hall–Kier alpha value is -2.12. The van der Waals surface area contributed by atoms with Crippen LogP contribution in [0.1, 0.15) is 31.7 Å². The zero-order chi connectivity index (χ0) is 18.3. The minimum Gasteiger partial charge on any atom is -0.497 e. The van der Waals surface area contributed by atoms with Gasteiger partial charge in [0.05, 0.1) is 25.7 Å². The highest BCUT2D eigenvalue weighted by Gasteiger charge is 2.37. The molecule has 2 N–H and O–H groups in total. The second-order valence-electron chi connectivity index (χ2n) is 6.26. The highest BCUT2D eigenvalue weighted by molar-refractivity contribution is 5.82. The topological polar surface area (TPSA) is 94.1 Å². The Balaban J connectivity index is 1.92. The van der Waals surface area contributed by atoms with Gasteiger partial charge in [-0.3, -0.25) is 9.59 Å². The van der Waals surface area contributed by atoms with E-state index in [-0.39, 0.29) is 18.9 Å². The third-order valence-electron chi connectivity index (χ3n) is 4.33. The number of carbonyl (C=O) groups excluding carboxylic acids is 1. The van der Waals surface area contributed by atoms with Crippen LogP contribution in [0, 0.1) is 0 Å². The van der Waals surface area contributed by atoms with Gasteiger partial charge in [-0.15, -0.1) is 0 Å². The maximum Gasteiger partial charge on any atom is 0.305 e. The Kier molecular flexibility index (Phi) is 6.78. The second kappa shape index (κ2) is 8.82. The van der Waals surface area contributed by atoms with Crippen LogP contribution < -0.4 is 10.1 Å². The molecule has 1 aromatic carbocycles. The normalized spacial score (nSPS) is 17.5. The van der Waals surface area contributed by atoms with Gasteiger partial charge in [0, 0.05) is 13.2 Å². The maximum absolute atomic E-state index is 12.4. The number of aliphatic carboxylic acids is 1. The molecule has 1 aromatic rings. The first-order valence-corrected chi connectivity index (χ1v) is 8.30. The molecule has 7 nitrogen and oxygen atoms in total. The van der Waals surface area contributed by atoms with Crippen LogP contribution >= 0.6 is 0 Å². The number of ether oxygens (including phenoxy) is 3. The molecule has 0 radical (unpaired) electrons. The molecule has 1 heterocycles. The molecule has 0 spiro atoms. The molecule has 0 bridgehead atoms. The largest absolute Gasteiger partial charge is 0.497 e. The Labute approximate surface area is 147 Å². The molecule has 1 saturated heterocycles. The summed E-state index contributed by atoms with van der Waals surface area (Å²) in [5.74, 6) is -0.529. The van der Waals surface area contributed by atoms with Crippen LogP contribution in [0.25, 0.3) is 0 Å². The van der Waals surface area contributed by atoms with Gasteiger partial charge >= 0.3 is 5.97 Å². The van der Waals surface area contributed by atoms with Crippen molar-refractivity contribution < 1.29 is 28.9 Å². The highest BCUT2D eigenvalue weighted by Crippen LogP contribution is 2.25. The van der Waals surface area contributed by atoms with Crippen LogP contribution in [-0.4, -0.2) is 48.9 Å². The first kappa shape index (κ1) is 19.2. The number of rotatable bonds is 8. The van der Waals surface area contributed by atoms with Crippen molar-refractivity contribution in [2.45, 2.75) is 44.4 Å². The number of carboxylic acids is 1.